The first-order valence-electron chi connectivity index (χ1n) is 5.45. The van der Waals surface area contributed by atoms with Crippen molar-refractivity contribution in [3.8, 4) is 11.5 Å². The molecule has 0 radical (unpaired) electrons. The third-order valence-electron chi connectivity index (χ3n) is 2.47. The molecule has 1 amide bonds. The number of hydrogen-bond acceptors (Lipinski definition) is 5. The van der Waals surface area contributed by atoms with Crippen LogP contribution in [0.3, 0.4) is 0 Å². The summed E-state index contributed by atoms with van der Waals surface area (Å²) in [5.41, 5.74) is 12.3. The molecule has 0 atom stereocenters. The molecule has 0 aliphatic heterocycles. The number of nitrogens with one attached hydrogen (secondary N) is 1. The quantitative estimate of drug-likeness (QED) is 0.318. The highest BCUT2D eigenvalue weighted by atomic mass is 16.3. The van der Waals surface area contributed by atoms with Crippen LogP contribution in [0.5, 0.6) is 11.5 Å². The van der Waals surface area contributed by atoms with E-state index in [0.717, 1.165) is 0 Å². The maximum absolute atomic E-state index is 12.0. The minimum absolute atomic E-state index is 0.0693. The topological polar surface area (TPSA) is 122 Å². The number of nitrogen functional groups attached to an aromatic ring is 2. The Labute approximate surface area is 109 Å². The van der Waals surface area contributed by atoms with E-state index in [0.29, 0.717) is 11.4 Å². The average molecular weight is 259 g/mol. The molecule has 2 aromatic carbocycles. The molecule has 19 heavy (non-hydrogen) atoms. The van der Waals surface area contributed by atoms with Crippen molar-refractivity contribution in [3.63, 3.8) is 0 Å². The Morgan fingerprint density at radius 3 is 2.26 bits per heavy atom. The molecule has 6 heteroatoms. The van der Waals surface area contributed by atoms with Crippen LogP contribution in [0.15, 0.2) is 36.4 Å². The highest BCUT2D eigenvalue weighted by Crippen LogP contribution is 2.27. The number of amides is 1. The van der Waals surface area contributed by atoms with Gasteiger partial charge in [0, 0.05) is 23.0 Å². The van der Waals surface area contributed by atoms with Gasteiger partial charge in [0.1, 0.15) is 11.5 Å². The predicted octanol–water partition coefficient (Wildman–Crippen LogP) is 1.51. The van der Waals surface area contributed by atoms with Crippen LogP contribution in [0.2, 0.25) is 0 Å². The molecule has 0 unspecified atom stereocenters. The van der Waals surface area contributed by atoms with Crippen molar-refractivity contribution in [2.24, 2.45) is 0 Å². The number of rotatable bonds is 2. The van der Waals surface area contributed by atoms with E-state index < -0.39 is 5.91 Å². The van der Waals surface area contributed by atoms with E-state index in [9.17, 15) is 15.0 Å². The summed E-state index contributed by atoms with van der Waals surface area (Å²) in [7, 11) is 0. The normalized spacial score (nSPS) is 10.1. The van der Waals surface area contributed by atoms with Gasteiger partial charge in [-0.2, -0.15) is 0 Å². The maximum atomic E-state index is 12.0. The lowest BCUT2D eigenvalue weighted by atomic mass is 10.1. The van der Waals surface area contributed by atoms with Crippen LogP contribution >= 0.6 is 0 Å². The zero-order valence-corrected chi connectivity index (χ0v) is 9.92. The SMILES string of the molecule is Nc1cc(N)cc(C(=O)Nc2cc(O)ccc2O)c1. The second-order valence-corrected chi connectivity index (χ2v) is 4.04. The van der Waals surface area contributed by atoms with Gasteiger partial charge in [0.2, 0.25) is 0 Å². The second kappa shape index (κ2) is 4.77. The van der Waals surface area contributed by atoms with Crippen LogP contribution in [-0.4, -0.2) is 16.1 Å². The van der Waals surface area contributed by atoms with Gasteiger partial charge < -0.3 is 27.0 Å². The number of carbonyl (C=O) groups is 1. The first-order valence-corrected chi connectivity index (χ1v) is 5.45. The molecule has 98 valence electrons. The third-order valence-corrected chi connectivity index (χ3v) is 2.47. The van der Waals surface area contributed by atoms with Gasteiger partial charge >= 0.3 is 0 Å². The van der Waals surface area contributed by atoms with E-state index >= 15 is 0 Å². The van der Waals surface area contributed by atoms with Crippen molar-refractivity contribution in [1.29, 1.82) is 0 Å². The van der Waals surface area contributed by atoms with Gasteiger partial charge in [-0.25, -0.2) is 0 Å². The van der Waals surface area contributed by atoms with Gasteiger partial charge in [-0.3, -0.25) is 4.79 Å². The van der Waals surface area contributed by atoms with Gasteiger partial charge in [0.15, 0.2) is 0 Å². The summed E-state index contributed by atoms with van der Waals surface area (Å²) in [6, 6.07) is 8.28. The van der Waals surface area contributed by atoms with Gasteiger partial charge in [-0.05, 0) is 30.3 Å². The molecule has 0 heterocycles. The lowest BCUT2D eigenvalue weighted by Gasteiger charge is -2.09. The number of phenols is 2. The van der Waals surface area contributed by atoms with Crippen LogP contribution in [0.4, 0.5) is 17.1 Å². The number of carbonyl (C=O) groups excluding carboxylic acids is 1. The van der Waals surface area contributed by atoms with Crippen LogP contribution in [-0.2, 0) is 0 Å². The first-order chi connectivity index (χ1) is 8.95. The van der Waals surface area contributed by atoms with E-state index in [1.54, 1.807) is 0 Å². The minimum atomic E-state index is -0.486. The second-order valence-electron chi connectivity index (χ2n) is 4.04. The van der Waals surface area contributed by atoms with E-state index in [2.05, 4.69) is 5.32 Å². The molecule has 0 aliphatic rings. The maximum Gasteiger partial charge on any atom is 0.255 e. The van der Waals surface area contributed by atoms with E-state index in [1.807, 2.05) is 0 Å². The Balaban J connectivity index is 2.28. The predicted molar refractivity (Wildman–Crippen MR) is 73.0 cm³/mol. The van der Waals surface area contributed by atoms with Crippen molar-refractivity contribution in [2.75, 3.05) is 16.8 Å². The summed E-state index contributed by atoms with van der Waals surface area (Å²) in [4.78, 5) is 12.0. The monoisotopic (exact) mass is 259 g/mol. The summed E-state index contributed by atoms with van der Waals surface area (Å²) in [5.74, 6) is -0.705. The molecule has 0 aliphatic carbocycles. The van der Waals surface area contributed by atoms with Crippen molar-refractivity contribution in [1.82, 2.24) is 0 Å². The molecule has 0 saturated carbocycles. The van der Waals surface area contributed by atoms with Gasteiger partial charge in [-0.1, -0.05) is 0 Å². The fourth-order valence-electron chi connectivity index (χ4n) is 1.63. The number of nitrogens with two attached hydrogens (primary N) is 2. The molecule has 2 rings (SSSR count). The highest BCUT2D eigenvalue weighted by Gasteiger charge is 2.10. The number of benzene rings is 2. The Morgan fingerprint density at radius 1 is 1.00 bits per heavy atom. The van der Waals surface area contributed by atoms with Crippen LogP contribution in [0.25, 0.3) is 0 Å². The summed E-state index contributed by atoms with van der Waals surface area (Å²) < 4.78 is 0. The standard InChI is InChI=1S/C13H13N3O3/c14-8-3-7(4-9(15)5-8)13(19)16-11-6-10(17)1-2-12(11)18/h1-6,17-18H,14-15H2,(H,16,19). The Hall–Kier alpha value is -2.89. The molecule has 0 fully saturated rings. The molecular weight excluding hydrogens is 246 g/mol. The lowest BCUT2D eigenvalue weighted by molar-refractivity contribution is 0.102. The van der Waals surface area contributed by atoms with E-state index in [-0.39, 0.29) is 22.7 Å². The Morgan fingerprint density at radius 2 is 1.63 bits per heavy atom. The van der Waals surface area contributed by atoms with E-state index in [1.165, 1.54) is 36.4 Å². The Bertz CT molecular complexity index is 621. The fourth-order valence-corrected chi connectivity index (χ4v) is 1.63. The molecule has 7 N–H and O–H groups in total. The van der Waals surface area contributed by atoms with Gasteiger partial charge in [-0.15, -0.1) is 0 Å². The van der Waals surface area contributed by atoms with Crippen molar-refractivity contribution >= 4 is 23.0 Å². The number of phenolic OH excluding ortho intramolecular Hbond substituents is 2. The molecule has 0 aromatic heterocycles. The summed E-state index contributed by atoms with van der Waals surface area (Å²) >= 11 is 0. The third kappa shape index (κ3) is 2.86. The van der Waals surface area contributed by atoms with Crippen molar-refractivity contribution in [2.45, 2.75) is 0 Å². The molecule has 6 nitrogen and oxygen atoms in total. The van der Waals surface area contributed by atoms with Crippen LogP contribution in [0, 0.1) is 0 Å². The molecular formula is C13H13N3O3. The number of hydrogen-bond donors (Lipinski definition) is 5. The first kappa shape index (κ1) is 12.6. The zero-order chi connectivity index (χ0) is 14.0. The molecule has 2 aromatic rings. The molecule has 0 bridgehead atoms. The van der Waals surface area contributed by atoms with Crippen LogP contribution < -0.4 is 16.8 Å². The highest BCUT2D eigenvalue weighted by molar-refractivity contribution is 6.06. The van der Waals surface area contributed by atoms with Gasteiger partial charge in [0.25, 0.3) is 5.91 Å². The number of anilines is 3. The largest absolute Gasteiger partial charge is 0.508 e. The zero-order valence-electron chi connectivity index (χ0n) is 9.92. The summed E-state index contributed by atoms with van der Waals surface area (Å²) in [5, 5.41) is 21.3. The summed E-state index contributed by atoms with van der Waals surface area (Å²) in [6.07, 6.45) is 0. The Kier molecular flexibility index (Phi) is 3.15. The molecule has 0 spiro atoms. The number of aromatic hydroxyl groups is 2. The lowest BCUT2D eigenvalue weighted by Crippen LogP contribution is -2.12. The van der Waals surface area contributed by atoms with Crippen molar-refractivity contribution < 1.29 is 15.0 Å². The average Bonchev–Trinajstić information content (AvgIpc) is 2.32. The molecule has 0 saturated heterocycles. The smallest absolute Gasteiger partial charge is 0.255 e. The van der Waals surface area contributed by atoms with Crippen molar-refractivity contribution in [3.05, 3.63) is 42.0 Å². The van der Waals surface area contributed by atoms with E-state index in [4.69, 9.17) is 11.5 Å². The van der Waals surface area contributed by atoms with Crippen LogP contribution in [0.1, 0.15) is 10.4 Å². The minimum Gasteiger partial charge on any atom is -0.508 e. The summed E-state index contributed by atoms with van der Waals surface area (Å²) in [6.45, 7) is 0. The fraction of sp³-hybridized carbons (Fsp3) is 0. The van der Waals surface area contributed by atoms with Gasteiger partial charge in [0.05, 0.1) is 5.69 Å².